The van der Waals surface area contributed by atoms with E-state index < -0.39 is 0 Å². The van der Waals surface area contributed by atoms with Gasteiger partial charge in [-0.15, -0.1) is 0 Å². The molecule has 0 fully saturated rings. The number of aryl methyl sites for hydroxylation is 1. The van der Waals surface area contributed by atoms with E-state index in [0.717, 1.165) is 5.52 Å². The van der Waals surface area contributed by atoms with Gasteiger partial charge in [0.05, 0.1) is 10.9 Å². The Bertz CT molecular complexity index is 578. The van der Waals surface area contributed by atoms with Gasteiger partial charge in [-0.25, -0.2) is 0 Å². The predicted molar refractivity (Wildman–Crippen MR) is 58.2 cm³/mol. The van der Waals surface area contributed by atoms with Crippen LogP contribution in [0.1, 0.15) is 24.2 Å². The minimum Gasteiger partial charge on any atom is -0.294 e. The highest BCUT2D eigenvalue weighted by molar-refractivity contribution is 6.06. The number of nitrogens with one attached hydrogen (secondary N) is 1. The number of aromatic nitrogens is 2. The van der Waals surface area contributed by atoms with Crippen molar-refractivity contribution >= 4 is 16.7 Å². The van der Waals surface area contributed by atoms with Crippen LogP contribution in [-0.4, -0.2) is 15.6 Å². The molecule has 78 valence electrons. The van der Waals surface area contributed by atoms with Crippen LogP contribution in [0.5, 0.6) is 0 Å². The summed E-state index contributed by atoms with van der Waals surface area (Å²) in [5, 5.41) is 3.20. The fourth-order valence-corrected chi connectivity index (χ4v) is 1.79. The Morgan fingerprint density at radius 3 is 2.80 bits per heavy atom. The van der Waals surface area contributed by atoms with Gasteiger partial charge in [0.1, 0.15) is 0 Å². The minimum atomic E-state index is -0.197. The van der Waals surface area contributed by atoms with Crippen LogP contribution in [0.25, 0.3) is 10.9 Å². The molecule has 2 rings (SSSR count). The summed E-state index contributed by atoms with van der Waals surface area (Å²) in [7, 11) is 0. The van der Waals surface area contributed by atoms with Crippen LogP contribution < -0.4 is 5.56 Å². The van der Waals surface area contributed by atoms with E-state index in [1.54, 1.807) is 16.8 Å². The van der Waals surface area contributed by atoms with Crippen LogP contribution in [0.2, 0.25) is 0 Å². The van der Waals surface area contributed by atoms with E-state index >= 15 is 0 Å². The van der Waals surface area contributed by atoms with Crippen LogP contribution in [-0.2, 0) is 6.54 Å². The summed E-state index contributed by atoms with van der Waals surface area (Å²) in [4.78, 5) is 23.0. The van der Waals surface area contributed by atoms with E-state index in [2.05, 4.69) is 5.10 Å². The third-order valence-corrected chi connectivity index (χ3v) is 2.49. The summed E-state index contributed by atoms with van der Waals surface area (Å²) >= 11 is 0. The molecule has 0 unspecified atom stereocenters. The van der Waals surface area contributed by atoms with Crippen LogP contribution in [0.3, 0.4) is 0 Å². The number of hydrogen-bond donors (Lipinski definition) is 1. The molecule has 0 spiro atoms. The lowest BCUT2D eigenvalue weighted by atomic mass is 10.1. The zero-order valence-electron chi connectivity index (χ0n) is 8.70. The second kappa shape index (κ2) is 3.38. The molecule has 1 aromatic heterocycles. The summed E-state index contributed by atoms with van der Waals surface area (Å²) in [6.45, 7) is 4.09. The Balaban J connectivity index is 2.92. The standard InChI is InChI=1S/C11H12N2O2/c1-3-13-9-6-4-5-8(7(2)14)10(9)11(15)12-13/h4-6H,3H2,1-2H3,(H,12,15). The van der Waals surface area contributed by atoms with Crippen molar-refractivity contribution in [3.05, 3.63) is 34.1 Å². The summed E-state index contributed by atoms with van der Waals surface area (Å²) in [6, 6.07) is 5.31. The Kier molecular flexibility index (Phi) is 2.19. The number of benzene rings is 1. The molecule has 15 heavy (non-hydrogen) atoms. The van der Waals surface area contributed by atoms with Gasteiger partial charge in [0.25, 0.3) is 5.56 Å². The molecule has 1 heterocycles. The molecule has 4 heteroatoms. The number of nitrogens with zero attached hydrogens (tertiary/aromatic N) is 1. The Morgan fingerprint density at radius 1 is 1.47 bits per heavy atom. The lowest BCUT2D eigenvalue weighted by molar-refractivity contribution is 0.101. The number of rotatable bonds is 2. The largest absolute Gasteiger partial charge is 0.294 e. The summed E-state index contributed by atoms with van der Waals surface area (Å²) < 4.78 is 1.74. The molecule has 0 aliphatic carbocycles. The number of ketones is 1. The van der Waals surface area contributed by atoms with Gasteiger partial charge in [0, 0.05) is 12.1 Å². The molecule has 1 aromatic carbocycles. The molecule has 0 bridgehead atoms. The predicted octanol–water partition coefficient (Wildman–Crippen LogP) is 1.55. The maximum atomic E-state index is 11.7. The number of carbonyl (C=O) groups is 1. The number of Topliss-reactive ketones (excluding diaryl/α,β-unsaturated/α-hetero) is 1. The minimum absolute atomic E-state index is 0.0834. The van der Waals surface area contributed by atoms with E-state index in [4.69, 9.17) is 0 Å². The lowest BCUT2D eigenvalue weighted by Crippen LogP contribution is -2.05. The second-order valence-electron chi connectivity index (χ2n) is 3.44. The molecule has 1 N–H and O–H groups in total. The monoisotopic (exact) mass is 204 g/mol. The lowest BCUT2D eigenvalue weighted by Gasteiger charge is -2.00. The van der Waals surface area contributed by atoms with E-state index in [-0.39, 0.29) is 11.3 Å². The zero-order chi connectivity index (χ0) is 11.0. The quantitative estimate of drug-likeness (QED) is 0.754. The van der Waals surface area contributed by atoms with Gasteiger partial charge >= 0.3 is 0 Å². The Hall–Kier alpha value is -1.84. The van der Waals surface area contributed by atoms with Crippen molar-refractivity contribution in [2.24, 2.45) is 0 Å². The van der Waals surface area contributed by atoms with Crippen LogP contribution in [0.4, 0.5) is 0 Å². The maximum absolute atomic E-state index is 11.7. The van der Waals surface area contributed by atoms with Crippen molar-refractivity contribution in [3.8, 4) is 0 Å². The van der Waals surface area contributed by atoms with Crippen molar-refractivity contribution in [1.29, 1.82) is 0 Å². The Labute approximate surface area is 86.5 Å². The van der Waals surface area contributed by atoms with Crippen LogP contribution in [0, 0.1) is 0 Å². The molecular weight excluding hydrogens is 192 g/mol. The number of aromatic amines is 1. The van der Waals surface area contributed by atoms with Gasteiger partial charge < -0.3 is 0 Å². The van der Waals surface area contributed by atoms with Gasteiger partial charge in [-0.2, -0.15) is 0 Å². The van der Waals surface area contributed by atoms with Crippen LogP contribution in [0.15, 0.2) is 23.0 Å². The van der Waals surface area contributed by atoms with Gasteiger partial charge in [-0.05, 0) is 19.9 Å². The smallest absolute Gasteiger partial charge is 0.272 e. The molecule has 0 amide bonds. The molecule has 0 saturated carbocycles. The molecule has 0 radical (unpaired) electrons. The summed E-state index contributed by atoms with van der Waals surface area (Å²) in [6.07, 6.45) is 0. The summed E-state index contributed by atoms with van der Waals surface area (Å²) in [5.74, 6) is -0.0834. The fourth-order valence-electron chi connectivity index (χ4n) is 1.79. The third kappa shape index (κ3) is 1.38. The topological polar surface area (TPSA) is 54.9 Å². The molecule has 0 aliphatic rings. The Morgan fingerprint density at radius 2 is 2.20 bits per heavy atom. The number of fused-ring (bicyclic) bond motifs is 1. The molecule has 0 aliphatic heterocycles. The highest BCUT2D eigenvalue weighted by Crippen LogP contribution is 2.15. The van der Waals surface area contributed by atoms with E-state index in [1.807, 2.05) is 13.0 Å². The van der Waals surface area contributed by atoms with E-state index in [0.29, 0.717) is 17.5 Å². The van der Waals surface area contributed by atoms with Gasteiger partial charge in [-0.3, -0.25) is 19.4 Å². The van der Waals surface area contributed by atoms with Gasteiger partial charge in [-0.1, -0.05) is 12.1 Å². The second-order valence-corrected chi connectivity index (χ2v) is 3.44. The molecule has 0 saturated heterocycles. The van der Waals surface area contributed by atoms with E-state index in [9.17, 15) is 9.59 Å². The van der Waals surface area contributed by atoms with Gasteiger partial charge in [0.2, 0.25) is 0 Å². The number of carbonyl (C=O) groups excluding carboxylic acids is 1. The first kappa shape index (κ1) is 9.71. The fraction of sp³-hybridized carbons (Fsp3) is 0.273. The molecule has 4 nitrogen and oxygen atoms in total. The summed E-state index contributed by atoms with van der Waals surface area (Å²) in [5.41, 5.74) is 1.08. The SMILES string of the molecule is CCn1[nH]c(=O)c2c(C(C)=O)cccc21. The molecular formula is C11H12N2O2. The van der Waals surface area contributed by atoms with Crippen molar-refractivity contribution < 1.29 is 4.79 Å². The number of H-pyrrole nitrogens is 1. The average molecular weight is 204 g/mol. The zero-order valence-corrected chi connectivity index (χ0v) is 8.70. The number of hydrogen-bond acceptors (Lipinski definition) is 2. The first-order valence-electron chi connectivity index (χ1n) is 4.87. The van der Waals surface area contributed by atoms with Crippen LogP contribution >= 0.6 is 0 Å². The normalized spacial score (nSPS) is 10.8. The van der Waals surface area contributed by atoms with Crippen molar-refractivity contribution in [2.75, 3.05) is 0 Å². The molecule has 2 aromatic rings. The highest BCUT2D eigenvalue weighted by atomic mass is 16.1. The maximum Gasteiger partial charge on any atom is 0.272 e. The van der Waals surface area contributed by atoms with E-state index in [1.165, 1.54) is 6.92 Å². The average Bonchev–Trinajstić information content (AvgIpc) is 2.55. The van der Waals surface area contributed by atoms with Crippen molar-refractivity contribution in [3.63, 3.8) is 0 Å². The highest BCUT2D eigenvalue weighted by Gasteiger charge is 2.12. The third-order valence-electron chi connectivity index (χ3n) is 2.49. The van der Waals surface area contributed by atoms with Gasteiger partial charge in [0.15, 0.2) is 5.78 Å². The first-order valence-corrected chi connectivity index (χ1v) is 4.87. The van der Waals surface area contributed by atoms with Crippen molar-refractivity contribution in [2.45, 2.75) is 20.4 Å². The van der Waals surface area contributed by atoms with Crippen molar-refractivity contribution in [1.82, 2.24) is 9.78 Å². The first-order chi connectivity index (χ1) is 7.15. The molecule has 0 atom stereocenters.